The minimum Gasteiger partial charge on any atom is -0.465 e. The Morgan fingerprint density at radius 2 is 2.06 bits per heavy atom. The molecule has 98 valence electrons. The highest BCUT2D eigenvalue weighted by molar-refractivity contribution is 5.65. The van der Waals surface area contributed by atoms with Gasteiger partial charge in [-0.05, 0) is 24.8 Å². The van der Waals surface area contributed by atoms with Crippen molar-refractivity contribution in [3.63, 3.8) is 0 Å². The fourth-order valence-corrected chi connectivity index (χ4v) is 2.64. The van der Waals surface area contributed by atoms with Gasteiger partial charge in [0.05, 0.1) is 0 Å². The van der Waals surface area contributed by atoms with Gasteiger partial charge in [0, 0.05) is 25.6 Å². The molecule has 1 saturated heterocycles. The maximum Gasteiger partial charge on any atom is 0.407 e. The summed E-state index contributed by atoms with van der Waals surface area (Å²) in [6, 6.07) is 8.29. The van der Waals surface area contributed by atoms with Gasteiger partial charge in [-0.1, -0.05) is 29.8 Å². The minimum atomic E-state index is -0.893. The van der Waals surface area contributed by atoms with E-state index in [4.69, 9.17) is 5.11 Å². The van der Waals surface area contributed by atoms with Gasteiger partial charge in [-0.15, -0.1) is 0 Å². The highest BCUT2D eigenvalue weighted by atomic mass is 16.4. The second kappa shape index (κ2) is 5.40. The summed E-state index contributed by atoms with van der Waals surface area (Å²) in [5.74, 6) is 0.253. The zero-order chi connectivity index (χ0) is 13.1. The molecule has 1 aliphatic heterocycles. The average Bonchev–Trinajstić information content (AvgIpc) is 2.39. The molecule has 0 saturated carbocycles. The predicted molar refractivity (Wildman–Crippen MR) is 68.7 cm³/mol. The number of carbonyl (C=O) groups is 1. The third-order valence-corrected chi connectivity index (χ3v) is 3.74. The van der Waals surface area contributed by atoms with Crippen LogP contribution in [-0.4, -0.2) is 40.9 Å². The Kier molecular flexibility index (Phi) is 3.87. The molecule has 18 heavy (non-hydrogen) atoms. The fraction of sp³-hybridized carbons (Fsp3) is 0.500. The molecule has 2 rings (SSSR count). The summed E-state index contributed by atoms with van der Waals surface area (Å²) in [4.78, 5) is 12.3. The Balaban J connectivity index is 2.14. The topological polar surface area (TPSA) is 60.8 Å². The summed E-state index contributed by atoms with van der Waals surface area (Å²) in [6.45, 7) is 3.04. The van der Waals surface area contributed by atoms with Crippen molar-refractivity contribution in [3.05, 3.63) is 35.4 Å². The zero-order valence-electron chi connectivity index (χ0n) is 10.5. The van der Waals surface area contributed by atoms with Crippen molar-refractivity contribution in [1.82, 2.24) is 4.90 Å². The Morgan fingerprint density at radius 3 is 2.61 bits per heavy atom. The van der Waals surface area contributed by atoms with Crippen LogP contribution in [0.4, 0.5) is 4.79 Å². The van der Waals surface area contributed by atoms with Crippen molar-refractivity contribution in [2.75, 3.05) is 19.7 Å². The molecule has 1 aliphatic rings. The number of aliphatic hydroxyl groups is 1. The van der Waals surface area contributed by atoms with E-state index in [1.165, 1.54) is 16.0 Å². The number of nitrogens with zero attached hydrogens (tertiary/aromatic N) is 1. The first kappa shape index (κ1) is 12.9. The van der Waals surface area contributed by atoms with E-state index in [0.717, 1.165) is 6.42 Å². The quantitative estimate of drug-likeness (QED) is 0.843. The van der Waals surface area contributed by atoms with Gasteiger partial charge in [0.2, 0.25) is 0 Å². The number of piperidine rings is 1. The monoisotopic (exact) mass is 249 g/mol. The van der Waals surface area contributed by atoms with E-state index < -0.39 is 6.09 Å². The summed E-state index contributed by atoms with van der Waals surface area (Å²) < 4.78 is 0. The van der Waals surface area contributed by atoms with Gasteiger partial charge in [0.15, 0.2) is 0 Å². The molecule has 2 N–H and O–H groups in total. The first-order chi connectivity index (χ1) is 8.61. The summed E-state index contributed by atoms with van der Waals surface area (Å²) >= 11 is 0. The fourth-order valence-electron chi connectivity index (χ4n) is 2.64. The molecule has 0 spiro atoms. The lowest BCUT2D eigenvalue weighted by molar-refractivity contribution is 0.0886. The van der Waals surface area contributed by atoms with Gasteiger partial charge in [-0.2, -0.15) is 0 Å². The molecular formula is C14H19NO3. The molecule has 1 amide bonds. The lowest BCUT2D eigenvalue weighted by atomic mass is 9.81. The summed E-state index contributed by atoms with van der Waals surface area (Å²) in [7, 11) is 0. The second-order valence-electron chi connectivity index (χ2n) is 4.98. The van der Waals surface area contributed by atoms with E-state index in [1.807, 2.05) is 6.92 Å². The molecule has 0 radical (unpaired) electrons. The van der Waals surface area contributed by atoms with E-state index in [-0.39, 0.29) is 18.4 Å². The molecule has 4 nitrogen and oxygen atoms in total. The third-order valence-electron chi connectivity index (χ3n) is 3.74. The summed E-state index contributed by atoms with van der Waals surface area (Å²) in [5.41, 5.74) is 2.41. The van der Waals surface area contributed by atoms with E-state index >= 15 is 0 Å². The SMILES string of the molecule is Cc1ccc([C@@H]2CCN(C(=O)O)C[C@H]2CO)cc1. The van der Waals surface area contributed by atoms with Crippen molar-refractivity contribution < 1.29 is 15.0 Å². The average molecular weight is 249 g/mol. The third kappa shape index (κ3) is 2.64. The van der Waals surface area contributed by atoms with Crippen molar-refractivity contribution >= 4 is 6.09 Å². The maximum absolute atomic E-state index is 10.9. The standard InChI is InChI=1S/C14H19NO3/c1-10-2-4-11(5-3-10)13-6-7-15(14(17)18)8-12(13)9-16/h2-5,12-13,16H,6-9H2,1H3,(H,17,18)/t12-,13-/m0/s1. The van der Waals surface area contributed by atoms with Crippen LogP contribution in [0.1, 0.15) is 23.5 Å². The molecule has 1 aromatic carbocycles. The molecule has 1 fully saturated rings. The van der Waals surface area contributed by atoms with Gasteiger partial charge < -0.3 is 15.1 Å². The van der Waals surface area contributed by atoms with Crippen molar-refractivity contribution in [2.45, 2.75) is 19.3 Å². The van der Waals surface area contributed by atoms with Crippen LogP contribution in [0.5, 0.6) is 0 Å². The number of benzene rings is 1. The highest BCUT2D eigenvalue weighted by Crippen LogP contribution is 2.32. The number of likely N-dealkylation sites (tertiary alicyclic amines) is 1. The minimum absolute atomic E-state index is 0.00226. The largest absolute Gasteiger partial charge is 0.465 e. The van der Waals surface area contributed by atoms with Crippen LogP contribution < -0.4 is 0 Å². The number of carboxylic acid groups (broad SMARTS) is 1. The molecule has 4 heteroatoms. The molecule has 2 atom stereocenters. The van der Waals surface area contributed by atoms with Crippen molar-refractivity contribution in [2.24, 2.45) is 5.92 Å². The molecule has 0 aromatic heterocycles. The van der Waals surface area contributed by atoms with E-state index in [2.05, 4.69) is 24.3 Å². The van der Waals surface area contributed by atoms with Crippen LogP contribution in [0, 0.1) is 12.8 Å². The number of aliphatic hydroxyl groups excluding tert-OH is 1. The number of rotatable bonds is 2. The van der Waals surface area contributed by atoms with E-state index in [0.29, 0.717) is 13.1 Å². The molecule has 0 unspecified atom stereocenters. The van der Waals surface area contributed by atoms with Gasteiger partial charge in [0.1, 0.15) is 0 Å². The van der Waals surface area contributed by atoms with Crippen LogP contribution in [0.25, 0.3) is 0 Å². The molecule has 0 bridgehead atoms. The maximum atomic E-state index is 10.9. The first-order valence-electron chi connectivity index (χ1n) is 6.27. The van der Waals surface area contributed by atoms with Gasteiger partial charge in [0.25, 0.3) is 0 Å². The molecule has 0 aliphatic carbocycles. The van der Waals surface area contributed by atoms with Crippen LogP contribution in [0.15, 0.2) is 24.3 Å². The number of hydrogen-bond donors (Lipinski definition) is 2. The second-order valence-corrected chi connectivity index (χ2v) is 4.98. The lowest BCUT2D eigenvalue weighted by Gasteiger charge is -2.36. The Bertz CT molecular complexity index is 416. The highest BCUT2D eigenvalue weighted by Gasteiger charge is 2.31. The number of aryl methyl sites for hydroxylation is 1. The van der Waals surface area contributed by atoms with Gasteiger partial charge >= 0.3 is 6.09 Å². The van der Waals surface area contributed by atoms with Crippen LogP contribution in [-0.2, 0) is 0 Å². The van der Waals surface area contributed by atoms with Crippen LogP contribution in [0.3, 0.4) is 0 Å². The Morgan fingerprint density at radius 1 is 1.39 bits per heavy atom. The van der Waals surface area contributed by atoms with E-state index in [9.17, 15) is 9.90 Å². The molecular weight excluding hydrogens is 230 g/mol. The normalized spacial score (nSPS) is 24.0. The smallest absolute Gasteiger partial charge is 0.407 e. The lowest BCUT2D eigenvalue weighted by Crippen LogP contribution is -2.43. The van der Waals surface area contributed by atoms with Crippen molar-refractivity contribution in [3.8, 4) is 0 Å². The summed E-state index contributed by atoms with van der Waals surface area (Å²) in [6.07, 6.45) is -0.114. The summed E-state index contributed by atoms with van der Waals surface area (Å²) in [5, 5.41) is 18.4. The number of amides is 1. The molecule has 1 heterocycles. The van der Waals surface area contributed by atoms with Crippen LogP contribution >= 0.6 is 0 Å². The molecule has 1 aromatic rings. The predicted octanol–water partition coefficient (Wildman–Crippen LogP) is 2.07. The van der Waals surface area contributed by atoms with Gasteiger partial charge in [-0.3, -0.25) is 0 Å². The zero-order valence-corrected chi connectivity index (χ0v) is 10.5. The van der Waals surface area contributed by atoms with Crippen LogP contribution in [0.2, 0.25) is 0 Å². The van der Waals surface area contributed by atoms with E-state index in [1.54, 1.807) is 0 Å². The first-order valence-corrected chi connectivity index (χ1v) is 6.27. The Hall–Kier alpha value is -1.55. The van der Waals surface area contributed by atoms with Crippen molar-refractivity contribution in [1.29, 1.82) is 0 Å². The van der Waals surface area contributed by atoms with Gasteiger partial charge in [-0.25, -0.2) is 4.79 Å². The Labute approximate surface area is 107 Å². The number of hydrogen-bond acceptors (Lipinski definition) is 2.